The lowest BCUT2D eigenvalue weighted by Crippen LogP contribution is -2.32. The Bertz CT molecular complexity index is 179. The van der Waals surface area contributed by atoms with Crippen LogP contribution in [0.2, 0.25) is 0 Å². The lowest BCUT2D eigenvalue weighted by atomic mass is 9.78. The third-order valence-corrected chi connectivity index (χ3v) is 3.12. The third-order valence-electron chi connectivity index (χ3n) is 3.12. The molecule has 1 saturated carbocycles. The first kappa shape index (κ1) is 9.72. The van der Waals surface area contributed by atoms with Gasteiger partial charge in [0.15, 0.2) is 0 Å². The van der Waals surface area contributed by atoms with Crippen molar-refractivity contribution in [3.05, 3.63) is 0 Å². The molecule has 12 heavy (non-hydrogen) atoms. The van der Waals surface area contributed by atoms with Crippen LogP contribution in [0.4, 0.5) is 0 Å². The maximum absolute atomic E-state index is 11.4. The van der Waals surface area contributed by atoms with E-state index in [2.05, 4.69) is 6.92 Å². The molecule has 0 aromatic rings. The van der Waals surface area contributed by atoms with E-state index in [0.29, 0.717) is 5.78 Å². The van der Waals surface area contributed by atoms with Gasteiger partial charge < -0.3 is 5.73 Å². The zero-order valence-electron chi connectivity index (χ0n) is 8.10. The standard InChI is InChI=1S/C10H19NO/c1-8(12)10(2)6-4-3-5-9(11)7-10/h9H,3-7,11H2,1-2H3. The Hall–Kier alpha value is -0.370. The van der Waals surface area contributed by atoms with Crippen molar-refractivity contribution in [1.29, 1.82) is 0 Å². The number of hydrogen-bond donors (Lipinski definition) is 1. The van der Waals surface area contributed by atoms with Gasteiger partial charge in [0, 0.05) is 11.5 Å². The number of Topliss-reactive ketones (excluding diaryl/α,β-unsaturated/α-hetero) is 1. The minimum atomic E-state index is -0.129. The van der Waals surface area contributed by atoms with E-state index < -0.39 is 0 Å². The summed E-state index contributed by atoms with van der Waals surface area (Å²) in [5, 5.41) is 0. The van der Waals surface area contributed by atoms with E-state index in [1.54, 1.807) is 6.92 Å². The highest BCUT2D eigenvalue weighted by molar-refractivity contribution is 5.81. The largest absolute Gasteiger partial charge is 0.328 e. The first-order valence-corrected chi connectivity index (χ1v) is 4.81. The second kappa shape index (κ2) is 3.56. The Morgan fingerprint density at radius 1 is 1.50 bits per heavy atom. The van der Waals surface area contributed by atoms with Gasteiger partial charge in [0.1, 0.15) is 5.78 Å². The zero-order chi connectivity index (χ0) is 9.19. The van der Waals surface area contributed by atoms with Crippen LogP contribution in [-0.4, -0.2) is 11.8 Å². The highest BCUT2D eigenvalue weighted by Crippen LogP contribution is 2.34. The van der Waals surface area contributed by atoms with Gasteiger partial charge >= 0.3 is 0 Å². The van der Waals surface area contributed by atoms with Gasteiger partial charge in [0.05, 0.1) is 0 Å². The summed E-state index contributed by atoms with van der Waals surface area (Å²) < 4.78 is 0. The molecule has 2 heteroatoms. The number of carbonyl (C=O) groups is 1. The molecule has 0 saturated heterocycles. The second-order valence-electron chi connectivity index (χ2n) is 4.33. The number of carbonyl (C=O) groups excluding carboxylic acids is 1. The molecule has 1 aliphatic carbocycles. The van der Waals surface area contributed by atoms with Crippen molar-refractivity contribution in [2.75, 3.05) is 0 Å². The number of rotatable bonds is 1. The maximum atomic E-state index is 11.4. The summed E-state index contributed by atoms with van der Waals surface area (Å²) >= 11 is 0. The summed E-state index contributed by atoms with van der Waals surface area (Å²) in [6.07, 6.45) is 5.33. The Morgan fingerprint density at radius 3 is 2.75 bits per heavy atom. The first-order chi connectivity index (χ1) is 5.54. The van der Waals surface area contributed by atoms with Crippen LogP contribution in [0.15, 0.2) is 0 Å². The molecule has 70 valence electrons. The number of hydrogen-bond acceptors (Lipinski definition) is 2. The fourth-order valence-corrected chi connectivity index (χ4v) is 2.02. The second-order valence-corrected chi connectivity index (χ2v) is 4.33. The van der Waals surface area contributed by atoms with Crippen molar-refractivity contribution in [2.45, 2.75) is 52.0 Å². The predicted molar refractivity (Wildman–Crippen MR) is 49.8 cm³/mol. The molecule has 1 rings (SSSR count). The Kier molecular flexibility index (Phi) is 2.89. The summed E-state index contributed by atoms with van der Waals surface area (Å²) in [6.45, 7) is 3.75. The van der Waals surface area contributed by atoms with Crippen molar-refractivity contribution >= 4 is 5.78 Å². The van der Waals surface area contributed by atoms with Crippen molar-refractivity contribution in [3.63, 3.8) is 0 Å². The van der Waals surface area contributed by atoms with Gasteiger partial charge in [-0.2, -0.15) is 0 Å². The van der Waals surface area contributed by atoms with E-state index >= 15 is 0 Å². The van der Waals surface area contributed by atoms with E-state index in [1.807, 2.05) is 0 Å². The van der Waals surface area contributed by atoms with Gasteiger partial charge in [-0.05, 0) is 26.2 Å². The van der Waals surface area contributed by atoms with E-state index in [-0.39, 0.29) is 11.5 Å². The topological polar surface area (TPSA) is 43.1 Å². The first-order valence-electron chi connectivity index (χ1n) is 4.81. The van der Waals surface area contributed by atoms with Crippen molar-refractivity contribution in [2.24, 2.45) is 11.1 Å². The molecule has 0 aliphatic heterocycles. The summed E-state index contributed by atoms with van der Waals surface area (Å²) in [5.74, 6) is 0.305. The van der Waals surface area contributed by atoms with E-state index in [1.165, 1.54) is 6.42 Å². The molecule has 0 spiro atoms. The lowest BCUT2D eigenvalue weighted by molar-refractivity contribution is -0.126. The minimum Gasteiger partial charge on any atom is -0.328 e. The van der Waals surface area contributed by atoms with E-state index in [0.717, 1.165) is 25.7 Å². The molecule has 2 nitrogen and oxygen atoms in total. The highest BCUT2D eigenvalue weighted by atomic mass is 16.1. The average molecular weight is 169 g/mol. The van der Waals surface area contributed by atoms with Gasteiger partial charge in [-0.15, -0.1) is 0 Å². The fraction of sp³-hybridized carbons (Fsp3) is 0.900. The van der Waals surface area contributed by atoms with Crippen LogP contribution < -0.4 is 5.73 Å². The molecule has 0 aromatic carbocycles. The van der Waals surface area contributed by atoms with E-state index in [9.17, 15) is 4.79 Å². The van der Waals surface area contributed by atoms with Crippen molar-refractivity contribution < 1.29 is 4.79 Å². The highest BCUT2D eigenvalue weighted by Gasteiger charge is 2.32. The molecule has 2 unspecified atom stereocenters. The monoisotopic (exact) mass is 169 g/mol. The van der Waals surface area contributed by atoms with Crippen LogP contribution in [0.3, 0.4) is 0 Å². The van der Waals surface area contributed by atoms with Crippen LogP contribution in [0.1, 0.15) is 46.0 Å². The average Bonchev–Trinajstić information content (AvgIpc) is 2.12. The molecule has 2 atom stereocenters. The van der Waals surface area contributed by atoms with E-state index in [4.69, 9.17) is 5.73 Å². The molecule has 1 fully saturated rings. The number of nitrogens with two attached hydrogens (primary N) is 1. The predicted octanol–water partition coefficient (Wildman–Crippen LogP) is 1.87. The normalized spacial score (nSPS) is 37.4. The van der Waals surface area contributed by atoms with Gasteiger partial charge in [-0.1, -0.05) is 19.8 Å². The van der Waals surface area contributed by atoms with Crippen molar-refractivity contribution in [1.82, 2.24) is 0 Å². The molecule has 0 aromatic heterocycles. The summed E-state index contributed by atoms with van der Waals surface area (Å²) in [6, 6.07) is 0.237. The fourth-order valence-electron chi connectivity index (χ4n) is 2.02. The molecule has 1 aliphatic rings. The smallest absolute Gasteiger partial charge is 0.135 e. The van der Waals surface area contributed by atoms with Gasteiger partial charge in [-0.25, -0.2) is 0 Å². The van der Waals surface area contributed by atoms with Crippen LogP contribution in [0, 0.1) is 5.41 Å². The Morgan fingerprint density at radius 2 is 2.17 bits per heavy atom. The van der Waals surface area contributed by atoms with Crippen LogP contribution in [0.5, 0.6) is 0 Å². The molecular weight excluding hydrogens is 150 g/mol. The maximum Gasteiger partial charge on any atom is 0.135 e. The lowest BCUT2D eigenvalue weighted by Gasteiger charge is -2.26. The van der Waals surface area contributed by atoms with Gasteiger partial charge in [0.2, 0.25) is 0 Å². The summed E-state index contributed by atoms with van der Waals surface area (Å²) in [4.78, 5) is 11.4. The molecule has 2 N–H and O–H groups in total. The van der Waals surface area contributed by atoms with Crippen LogP contribution in [-0.2, 0) is 4.79 Å². The molecule has 0 bridgehead atoms. The third kappa shape index (κ3) is 2.07. The molecule has 0 amide bonds. The van der Waals surface area contributed by atoms with Gasteiger partial charge in [0.25, 0.3) is 0 Å². The number of ketones is 1. The van der Waals surface area contributed by atoms with Gasteiger partial charge in [-0.3, -0.25) is 4.79 Å². The molecule has 0 radical (unpaired) electrons. The minimum absolute atomic E-state index is 0.129. The van der Waals surface area contributed by atoms with Crippen molar-refractivity contribution in [3.8, 4) is 0 Å². The zero-order valence-corrected chi connectivity index (χ0v) is 8.10. The van der Waals surface area contributed by atoms with Crippen LogP contribution >= 0.6 is 0 Å². The summed E-state index contributed by atoms with van der Waals surface area (Å²) in [5.41, 5.74) is 5.77. The quantitative estimate of drug-likeness (QED) is 0.609. The van der Waals surface area contributed by atoms with Crippen LogP contribution in [0.25, 0.3) is 0 Å². The molecular formula is C10H19NO. The SMILES string of the molecule is CC(=O)C1(C)CCCCC(N)C1. The summed E-state index contributed by atoms with van der Waals surface area (Å²) in [7, 11) is 0. The molecule has 0 heterocycles. The Balaban J connectivity index is 2.67. The Labute approximate surface area is 74.5 Å².